The number of nitrogens with two attached hydrogens (primary N) is 1. The van der Waals surface area contributed by atoms with Crippen LogP contribution in [0.25, 0.3) is 11.3 Å². The van der Waals surface area contributed by atoms with Crippen molar-refractivity contribution >= 4 is 23.5 Å². The van der Waals surface area contributed by atoms with Crippen LogP contribution in [-0.2, 0) is 10.2 Å². The van der Waals surface area contributed by atoms with Crippen LogP contribution in [0.1, 0.15) is 41.6 Å². The van der Waals surface area contributed by atoms with E-state index in [4.69, 9.17) is 27.2 Å². The molecule has 1 aromatic heterocycles. The molecule has 1 saturated heterocycles. The molecule has 2 aromatic rings. The Balaban J connectivity index is 0.000000233. The summed E-state index contributed by atoms with van der Waals surface area (Å²) in [6.45, 7) is 2.08. The first kappa shape index (κ1) is 19.1. The number of amides is 1. The van der Waals surface area contributed by atoms with E-state index >= 15 is 0 Å². The Hall–Kier alpha value is -2.22. The molecule has 0 unspecified atom stereocenters. The minimum atomic E-state index is -0.186. The molecule has 2 fully saturated rings. The van der Waals surface area contributed by atoms with Gasteiger partial charge in [0.2, 0.25) is 5.95 Å². The summed E-state index contributed by atoms with van der Waals surface area (Å²) in [6, 6.07) is 5.72. The highest BCUT2D eigenvalue weighted by Crippen LogP contribution is 2.51. The van der Waals surface area contributed by atoms with Crippen LogP contribution in [0.3, 0.4) is 0 Å². The zero-order valence-corrected chi connectivity index (χ0v) is 16.2. The molecular weight excluding hydrogens is 380 g/mol. The largest absolute Gasteiger partial charge is 0.391 e. The number of anilines is 1. The standard InChI is InChI=1S/C15H13ClN4O.C5H10O2/c16-11-6-18-14(17)20-12(11)8-1-2-9-10(5-8)15(3-4-15)7-19-13(9)21;6-5-2-1-3-7-4-5/h1-2,5-6H,3-4,7H2,(H,19,21)(H2,17,18,20);5-6H,1-4H2/t;5-/m.0/s1. The van der Waals surface area contributed by atoms with Crippen LogP contribution in [0.4, 0.5) is 5.95 Å². The normalized spacial score (nSPS) is 21.9. The zero-order valence-electron chi connectivity index (χ0n) is 15.4. The maximum atomic E-state index is 12.0. The number of fused-ring (bicyclic) bond motifs is 2. The Labute approximate surface area is 168 Å². The number of rotatable bonds is 1. The SMILES string of the molecule is Nc1ncc(Cl)c(-c2ccc3c(c2)C2(CC2)CNC3=O)n1.O[C@H]1CCCOC1. The second-order valence-corrected chi connectivity index (χ2v) is 7.93. The number of carbonyl (C=O) groups excluding carboxylic acids is 1. The van der Waals surface area contributed by atoms with Gasteiger partial charge >= 0.3 is 0 Å². The van der Waals surface area contributed by atoms with Crippen LogP contribution < -0.4 is 11.1 Å². The Bertz CT molecular complexity index is 895. The van der Waals surface area contributed by atoms with Gasteiger partial charge in [0.15, 0.2) is 0 Å². The van der Waals surface area contributed by atoms with E-state index in [0.29, 0.717) is 23.9 Å². The molecule has 3 heterocycles. The third-order valence-electron chi connectivity index (χ3n) is 5.45. The third-order valence-corrected chi connectivity index (χ3v) is 5.73. The van der Waals surface area contributed by atoms with Crippen molar-refractivity contribution in [2.75, 3.05) is 25.5 Å². The Morgan fingerprint density at radius 3 is 2.82 bits per heavy atom. The summed E-state index contributed by atoms with van der Waals surface area (Å²) in [6.07, 6.45) is 5.44. The predicted octanol–water partition coefficient (Wildman–Crippen LogP) is 2.31. The topological polar surface area (TPSA) is 110 Å². The number of benzene rings is 1. The Morgan fingerprint density at radius 1 is 1.36 bits per heavy atom. The van der Waals surface area contributed by atoms with E-state index in [1.165, 1.54) is 6.20 Å². The van der Waals surface area contributed by atoms with Crippen molar-refractivity contribution in [3.8, 4) is 11.3 Å². The molecule has 1 spiro atoms. The maximum absolute atomic E-state index is 12.0. The summed E-state index contributed by atoms with van der Waals surface area (Å²) in [7, 11) is 0. The van der Waals surface area contributed by atoms with E-state index in [2.05, 4.69) is 15.3 Å². The molecule has 1 aromatic carbocycles. The molecule has 1 saturated carbocycles. The van der Waals surface area contributed by atoms with Crippen molar-refractivity contribution in [3.05, 3.63) is 40.5 Å². The molecule has 1 amide bonds. The molecule has 8 heteroatoms. The molecule has 7 nitrogen and oxygen atoms in total. The van der Waals surface area contributed by atoms with E-state index in [-0.39, 0.29) is 23.4 Å². The van der Waals surface area contributed by atoms with E-state index in [1.807, 2.05) is 18.2 Å². The Morgan fingerprint density at radius 2 is 2.18 bits per heavy atom. The van der Waals surface area contributed by atoms with Gasteiger partial charge in [-0.2, -0.15) is 0 Å². The van der Waals surface area contributed by atoms with Crippen LogP contribution in [0.15, 0.2) is 24.4 Å². The number of ether oxygens (including phenoxy) is 1. The van der Waals surface area contributed by atoms with Gasteiger partial charge in [-0.25, -0.2) is 9.97 Å². The molecule has 5 rings (SSSR count). The van der Waals surface area contributed by atoms with Crippen molar-refractivity contribution in [2.45, 2.75) is 37.2 Å². The number of nitrogens with zero attached hydrogens (tertiary/aromatic N) is 2. The van der Waals surface area contributed by atoms with Crippen molar-refractivity contribution in [1.82, 2.24) is 15.3 Å². The van der Waals surface area contributed by atoms with Crippen LogP contribution in [0.2, 0.25) is 5.02 Å². The van der Waals surface area contributed by atoms with Gasteiger partial charge < -0.3 is 20.9 Å². The van der Waals surface area contributed by atoms with Gasteiger partial charge in [0.25, 0.3) is 5.91 Å². The highest BCUT2D eigenvalue weighted by atomic mass is 35.5. The zero-order chi connectivity index (χ0) is 19.7. The first-order valence-electron chi connectivity index (χ1n) is 9.45. The fourth-order valence-electron chi connectivity index (χ4n) is 3.67. The molecule has 148 valence electrons. The summed E-state index contributed by atoms with van der Waals surface area (Å²) in [5.41, 5.74) is 9.07. The van der Waals surface area contributed by atoms with Crippen LogP contribution >= 0.6 is 11.6 Å². The van der Waals surface area contributed by atoms with Gasteiger partial charge in [0.05, 0.1) is 29.6 Å². The minimum Gasteiger partial charge on any atom is -0.391 e. The average molecular weight is 403 g/mol. The fraction of sp³-hybridized carbons (Fsp3) is 0.450. The number of hydrogen-bond acceptors (Lipinski definition) is 6. The minimum absolute atomic E-state index is 0.0117. The van der Waals surface area contributed by atoms with Crippen molar-refractivity contribution in [3.63, 3.8) is 0 Å². The van der Waals surface area contributed by atoms with Crippen molar-refractivity contribution in [2.24, 2.45) is 0 Å². The molecule has 4 N–H and O–H groups in total. The molecular formula is C20H23ClN4O3. The third kappa shape index (κ3) is 3.83. The van der Waals surface area contributed by atoms with Crippen molar-refractivity contribution < 1.29 is 14.6 Å². The lowest BCUT2D eigenvalue weighted by Crippen LogP contribution is -2.39. The van der Waals surface area contributed by atoms with Crippen molar-refractivity contribution in [1.29, 1.82) is 0 Å². The lowest BCUT2D eigenvalue weighted by molar-refractivity contribution is -0.00535. The van der Waals surface area contributed by atoms with E-state index in [0.717, 1.165) is 49.0 Å². The quantitative estimate of drug-likeness (QED) is 0.675. The number of aromatic nitrogens is 2. The molecule has 0 radical (unpaired) electrons. The number of nitrogens with one attached hydrogen (secondary N) is 1. The van der Waals surface area contributed by atoms with E-state index in [9.17, 15) is 4.79 Å². The summed E-state index contributed by atoms with van der Waals surface area (Å²) in [5.74, 6) is 0.174. The molecule has 28 heavy (non-hydrogen) atoms. The van der Waals surface area contributed by atoms with E-state index in [1.54, 1.807) is 0 Å². The van der Waals surface area contributed by atoms with Gasteiger partial charge in [0.1, 0.15) is 0 Å². The van der Waals surface area contributed by atoms with Gasteiger partial charge in [-0.3, -0.25) is 4.79 Å². The first-order valence-corrected chi connectivity index (χ1v) is 9.83. The lowest BCUT2D eigenvalue weighted by atomic mass is 9.86. The average Bonchev–Trinajstić information content (AvgIpc) is 3.49. The molecule has 1 atom stereocenters. The van der Waals surface area contributed by atoms with Crippen LogP contribution in [-0.4, -0.2) is 46.8 Å². The van der Waals surface area contributed by atoms with Crippen LogP contribution in [0, 0.1) is 0 Å². The van der Waals surface area contributed by atoms with Gasteiger partial charge in [-0.15, -0.1) is 0 Å². The Kier molecular flexibility index (Phi) is 5.23. The number of carbonyl (C=O) groups is 1. The highest BCUT2D eigenvalue weighted by molar-refractivity contribution is 6.32. The number of halogens is 1. The van der Waals surface area contributed by atoms with Crippen LogP contribution in [0.5, 0.6) is 0 Å². The second-order valence-electron chi connectivity index (χ2n) is 7.52. The van der Waals surface area contributed by atoms with Gasteiger partial charge in [-0.1, -0.05) is 17.7 Å². The number of nitrogen functional groups attached to an aromatic ring is 1. The second kappa shape index (κ2) is 7.66. The van der Waals surface area contributed by atoms with E-state index < -0.39 is 0 Å². The number of hydrogen-bond donors (Lipinski definition) is 3. The van der Waals surface area contributed by atoms with Gasteiger partial charge in [-0.05, 0) is 43.4 Å². The fourth-order valence-corrected chi connectivity index (χ4v) is 3.87. The monoisotopic (exact) mass is 402 g/mol. The highest BCUT2D eigenvalue weighted by Gasteiger charge is 2.48. The molecule has 1 aliphatic carbocycles. The lowest BCUT2D eigenvalue weighted by Gasteiger charge is -2.26. The number of aliphatic hydroxyl groups is 1. The summed E-state index contributed by atoms with van der Waals surface area (Å²) in [4.78, 5) is 20.1. The summed E-state index contributed by atoms with van der Waals surface area (Å²) >= 11 is 6.17. The predicted molar refractivity (Wildman–Crippen MR) is 106 cm³/mol. The first-order chi connectivity index (χ1) is 13.5. The maximum Gasteiger partial charge on any atom is 0.251 e. The molecule has 2 aliphatic heterocycles. The molecule has 3 aliphatic rings. The molecule has 0 bridgehead atoms. The summed E-state index contributed by atoms with van der Waals surface area (Å²) in [5, 5.41) is 12.2. The smallest absolute Gasteiger partial charge is 0.251 e. The summed E-state index contributed by atoms with van der Waals surface area (Å²) < 4.78 is 4.93. The van der Waals surface area contributed by atoms with Gasteiger partial charge in [0, 0.05) is 29.7 Å². The number of aliphatic hydroxyl groups excluding tert-OH is 1.